The average molecular weight is 238 g/mol. The van der Waals surface area contributed by atoms with E-state index >= 15 is 0 Å². The van der Waals surface area contributed by atoms with Gasteiger partial charge in [-0.1, -0.05) is 20.8 Å². The van der Waals surface area contributed by atoms with Crippen LogP contribution in [0.2, 0.25) is 0 Å². The molecule has 0 aliphatic carbocycles. The van der Waals surface area contributed by atoms with E-state index in [1.807, 2.05) is 14.1 Å². The average Bonchev–Trinajstić information content (AvgIpc) is 2.26. The van der Waals surface area contributed by atoms with E-state index in [-0.39, 0.29) is 11.4 Å². The van der Waals surface area contributed by atoms with Gasteiger partial charge in [0.2, 0.25) is 17.8 Å². The number of hydrogen-bond donors (Lipinski definition) is 2. The van der Waals surface area contributed by atoms with Crippen LogP contribution in [-0.2, 0) is 0 Å². The first-order valence-corrected chi connectivity index (χ1v) is 5.77. The molecule has 0 aliphatic heterocycles. The van der Waals surface area contributed by atoms with Crippen LogP contribution in [0, 0.1) is 5.41 Å². The molecule has 0 saturated heterocycles. The molecule has 3 N–H and O–H groups in total. The standard InChI is InChI=1S/C11H22N6/c1-6-11(2,3)7-13-9-14-8(12)15-10(16-9)17(4)5/h6-7H2,1-5H3,(H3,12,13,14,15,16). The van der Waals surface area contributed by atoms with Gasteiger partial charge in [0.1, 0.15) is 0 Å². The second kappa shape index (κ2) is 5.16. The summed E-state index contributed by atoms with van der Waals surface area (Å²) in [6.45, 7) is 7.35. The van der Waals surface area contributed by atoms with Gasteiger partial charge >= 0.3 is 0 Å². The van der Waals surface area contributed by atoms with E-state index < -0.39 is 0 Å². The second-order valence-corrected chi connectivity index (χ2v) is 5.08. The smallest absolute Gasteiger partial charge is 0.231 e. The molecule has 96 valence electrons. The van der Waals surface area contributed by atoms with Crippen LogP contribution in [0.15, 0.2) is 0 Å². The number of nitrogens with zero attached hydrogens (tertiary/aromatic N) is 4. The molecule has 1 aromatic rings. The molecule has 17 heavy (non-hydrogen) atoms. The van der Waals surface area contributed by atoms with Crippen LogP contribution in [0.4, 0.5) is 17.8 Å². The Hall–Kier alpha value is -1.59. The van der Waals surface area contributed by atoms with Crippen molar-refractivity contribution in [2.75, 3.05) is 36.6 Å². The Morgan fingerprint density at radius 3 is 2.41 bits per heavy atom. The number of nitrogens with one attached hydrogen (secondary N) is 1. The maximum Gasteiger partial charge on any atom is 0.231 e. The minimum Gasteiger partial charge on any atom is -0.368 e. The first-order valence-electron chi connectivity index (χ1n) is 5.77. The van der Waals surface area contributed by atoms with Crippen LogP contribution < -0.4 is 16.0 Å². The topological polar surface area (TPSA) is 80.0 Å². The maximum absolute atomic E-state index is 5.64. The highest BCUT2D eigenvalue weighted by Gasteiger charge is 2.15. The molecule has 0 amide bonds. The van der Waals surface area contributed by atoms with Crippen LogP contribution in [0.25, 0.3) is 0 Å². The first kappa shape index (κ1) is 13.5. The van der Waals surface area contributed by atoms with Crippen LogP contribution >= 0.6 is 0 Å². The van der Waals surface area contributed by atoms with Gasteiger partial charge in [0, 0.05) is 20.6 Å². The molecule has 1 aromatic heterocycles. The summed E-state index contributed by atoms with van der Waals surface area (Å²) < 4.78 is 0. The Balaban J connectivity index is 2.78. The van der Waals surface area contributed by atoms with Gasteiger partial charge in [-0.25, -0.2) is 0 Å². The molecular formula is C11H22N6. The van der Waals surface area contributed by atoms with Gasteiger partial charge in [-0.3, -0.25) is 0 Å². The molecule has 0 saturated carbocycles. The molecule has 0 aliphatic rings. The molecule has 0 aromatic carbocycles. The van der Waals surface area contributed by atoms with Crippen molar-refractivity contribution in [1.29, 1.82) is 0 Å². The van der Waals surface area contributed by atoms with Gasteiger partial charge in [0.25, 0.3) is 0 Å². The highest BCUT2D eigenvalue weighted by atomic mass is 15.3. The minimum absolute atomic E-state index is 0.208. The van der Waals surface area contributed by atoms with Crippen molar-refractivity contribution in [3.05, 3.63) is 0 Å². The second-order valence-electron chi connectivity index (χ2n) is 5.08. The van der Waals surface area contributed by atoms with Crippen molar-refractivity contribution >= 4 is 17.8 Å². The minimum atomic E-state index is 0.208. The van der Waals surface area contributed by atoms with Crippen LogP contribution in [-0.4, -0.2) is 35.6 Å². The Kier molecular flexibility index (Phi) is 4.09. The molecule has 0 radical (unpaired) electrons. The van der Waals surface area contributed by atoms with Gasteiger partial charge < -0.3 is 16.0 Å². The normalized spacial score (nSPS) is 11.4. The van der Waals surface area contributed by atoms with E-state index in [0.29, 0.717) is 11.9 Å². The zero-order valence-electron chi connectivity index (χ0n) is 11.3. The van der Waals surface area contributed by atoms with Crippen LogP contribution in [0.1, 0.15) is 27.2 Å². The molecule has 0 atom stereocenters. The van der Waals surface area contributed by atoms with E-state index in [2.05, 4.69) is 41.0 Å². The number of hydrogen-bond acceptors (Lipinski definition) is 6. The zero-order valence-corrected chi connectivity index (χ0v) is 11.3. The van der Waals surface area contributed by atoms with Gasteiger partial charge in [-0.2, -0.15) is 15.0 Å². The van der Waals surface area contributed by atoms with E-state index in [1.54, 1.807) is 4.90 Å². The predicted molar refractivity (Wildman–Crippen MR) is 71.1 cm³/mol. The summed E-state index contributed by atoms with van der Waals surface area (Å²) in [5, 5.41) is 3.20. The highest BCUT2D eigenvalue weighted by molar-refractivity contribution is 5.40. The third-order valence-electron chi connectivity index (χ3n) is 2.72. The molecule has 6 heteroatoms. The number of anilines is 3. The number of rotatable bonds is 5. The molecule has 0 fully saturated rings. The summed E-state index contributed by atoms with van der Waals surface area (Å²) in [6.07, 6.45) is 1.08. The van der Waals surface area contributed by atoms with Crippen LogP contribution in [0.3, 0.4) is 0 Å². The molecule has 1 rings (SSSR count). The monoisotopic (exact) mass is 238 g/mol. The van der Waals surface area contributed by atoms with Gasteiger partial charge in [0.05, 0.1) is 0 Å². The number of nitrogen functional groups attached to an aromatic ring is 1. The van der Waals surface area contributed by atoms with Crippen molar-refractivity contribution in [3.8, 4) is 0 Å². The molecular weight excluding hydrogens is 216 g/mol. The summed E-state index contributed by atoms with van der Waals surface area (Å²) in [5.41, 5.74) is 5.85. The van der Waals surface area contributed by atoms with Crippen molar-refractivity contribution in [1.82, 2.24) is 15.0 Å². The fraction of sp³-hybridized carbons (Fsp3) is 0.727. The van der Waals surface area contributed by atoms with Crippen molar-refractivity contribution in [2.45, 2.75) is 27.2 Å². The molecule has 0 spiro atoms. The Morgan fingerprint density at radius 1 is 1.24 bits per heavy atom. The number of aromatic nitrogens is 3. The summed E-state index contributed by atoms with van der Waals surface area (Å²) in [7, 11) is 3.74. The van der Waals surface area contributed by atoms with E-state index in [4.69, 9.17) is 5.73 Å². The van der Waals surface area contributed by atoms with Gasteiger partial charge in [-0.05, 0) is 11.8 Å². The molecule has 0 unspecified atom stereocenters. The van der Waals surface area contributed by atoms with E-state index in [1.165, 1.54) is 0 Å². The van der Waals surface area contributed by atoms with E-state index in [0.717, 1.165) is 13.0 Å². The third-order valence-corrected chi connectivity index (χ3v) is 2.72. The number of nitrogens with two attached hydrogens (primary N) is 1. The summed E-state index contributed by atoms with van der Waals surface area (Å²) in [6, 6.07) is 0. The Labute approximate surface area is 103 Å². The summed E-state index contributed by atoms with van der Waals surface area (Å²) in [4.78, 5) is 14.2. The van der Waals surface area contributed by atoms with Gasteiger partial charge in [0.15, 0.2) is 0 Å². The quantitative estimate of drug-likeness (QED) is 0.806. The third kappa shape index (κ3) is 4.05. The van der Waals surface area contributed by atoms with E-state index in [9.17, 15) is 0 Å². The zero-order chi connectivity index (χ0) is 13.1. The van der Waals surface area contributed by atoms with Crippen LogP contribution in [0.5, 0.6) is 0 Å². The molecule has 1 heterocycles. The lowest BCUT2D eigenvalue weighted by Crippen LogP contribution is -2.24. The lowest BCUT2D eigenvalue weighted by atomic mass is 9.90. The molecule has 6 nitrogen and oxygen atoms in total. The largest absolute Gasteiger partial charge is 0.368 e. The van der Waals surface area contributed by atoms with Gasteiger partial charge in [-0.15, -0.1) is 0 Å². The fourth-order valence-electron chi connectivity index (χ4n) is 1.10. The predicted octanol–water partition coefficient (Wildman–Crippen LogP) is 1.37. The highest BCUT2D eigenvalue weighted by Crippen LogP contribution is 2.20. The SMILES string of the molecule is CCC(C)(C)CNc1nc(N)nc(N(C)C)n1. The lowest BCUT2D eigenvalue weighted by Gasteiger charge is -2.23. The van der Waals surface area contributed by atoms with Crippen molar-refractivity contribution in [3.63, 3.8) is 0 Å². The molecule has 0 bridgehead atoms. The fourth-order valence-corrected chi connectivity index (χ4v) is 1.10. The van der Waals surface area contributed by atoms with Crippen molar-refractivity contribution < 1.29 is 0 Å². The van der Waals surface area contributed by atoms with Crippen molar-refractivity contribution in [2.24, 2.45) is 5.41 Å². The lowest BCUT2D eigenvalue weighted by molar-refractivity contribution is 0.376. The first-order chi connectivity index (χ1) is 7.84. The summed E-state index contributed by atoms with van der Waals surface area (Å²) >= 11 is 0. The summed E-state index contributed by atoms with van der Waals surface area (Å²) in [5.74, 6) is 1.33. The maximum atomic E-state index is 5.64. The Bertz CT molecular complexity index is 374. The Morgan fingerprint density at radius 2 is 1.88 bits per heavy atom.